The third kappa shape index (κ3) is 8.42. The second kappa shape index (κ2) is 15.5. The Morgan fingerprint density at radius 2 is 1.32 bits per heavy atom. The highest BCUT2D eigenvalue weighted by atomic mass is 16.3. The molecule has 0 unspecified atom stereocenters. The molecule has 0 amide bonds. The minimum atomic E-state index is -0.147. The average Bonchev–Trinajstić information content (AvgIpc) is 3.55. The first-order valence-electron chi connectivity index (χ1n) is 19.7. The summed E-state index contributed by atoms with van der Waals surface area (Å²) in [6, 6.07) is 31.7. The van der Waals surface area contributed by atoms with Crippen LogP contribution in [0.15, 0.2) is 152 Å². The number of hydrogen-bond donors (Lipinski definition) is 1. The Hall–Kier alpha value is -6.00. The van der Waals surface area contributed by atoms with Crippen LogP contribution >= 0.6 is 0 Å². The van der Waals surface area contributed by atoms with E-state index >= 15 is 0 Å². The Balaban J connectivity index is 1.63. The fourth-order valence-corrected chi connectivity index (χ4v) is 7.13. The zero-order chi connectivity index (χ0) is 41.4. The summed E-state index contributed by atoms with van der Waals surface area (Å²) < 4.78 is 2.22. The molecule has 0 aliphatic carbocycles. The third-order valence-electron chi connectivity index (χ3n) is 10.7. The Morgan fingerprint density at radius 3 is 1.93 bits per heavy atom. The second-order valence-electron chi connectivity index (χ2n) is 18.1. The summed E-state index contributed by atoms with van der Waals surface area (Å²) in [6.07, 6.45) is 9.36. The largest absolute Gasteiger partial charge is 0.507 e. The summed E-state index contributed by atoms with van der Waals surface area (Å²) in [5.74, 6) is 0.872. The van der Waals surface area contributed by atoms with Crippen molar-refractivity contribution in [1.82, 2.24) is 14.5 Å². The monoisotopic (exact) mass is 751 g/mol. The number of allylic oxidation sites excluding steroid dienone is 7. The van der Waals surface area contributed by atoms with Crippen molar-refractivity contribution in [3.05, 3.63) is 175 Å². The van der Waals surface area contributed by atoms with Crippen molar-refractivity contribution in [3.63, 3.8) is 0 Å². The molecule has 4 aromatic carbocycles. The molecule has 1 N–H and O–H groups in total. The van der Waals surface area contributed by atoms with E-state index in [1.807, 2.05) is 48.7 Å². The lowest BCUT2D eigenvalue weighted by Gasteiger charge is -2.27. The van der Waals surface area contributed by atoms with Crippen molar-refractivity contribution in [2.24, 2.45) is 0 Å². The number of aromatic nitrogens is 3. The van der Waals surface area contributed by atoms with Crippen molar-refractivity contribution in [2.75, 3.05) is 0 Å². The van der Waals surface area contributed by atoms with Crippen molar-refractivity contribution in [2.45, 2.75) is 85.5 Å². The van der Waals surface area contributed by atoms with Gasteiger partial charge in [0.05, 0.1) is 22.3 Å². The van der Waals surface area contributed by atoms with Gasteiger partial charge in [0.1, 0.15) is 11.6 Å². The number of fused-ring (bicyclic) bond motifs is 1. The molecule has 0 aliphatic rings. The number of imidazole rings is 1. The van der Waals surface area contributed by atoms with Crippen LogP contribution in [0.1, 0.15) is 91.5 Å². The fraction of sp³-hybridized carbons (Fsp3) is 0.245. The normalized spacial score (nSPS) is 12.9. The maximum absolute atomic E-state index is 11.3. The summed E-state index contributed by atoms with van der Waals surface area (Å²) in [5, 5.41) is 11.3. The van der Waals surface area contributed by atoms with Crippen LogP contribution in [0, 0.1) is 0 Å². The predicted molar refractivity (Wildman–Crippen MR) is 244 cm³/mol. The van der Waals surface area contributed by atoms with Gasteiger partial charge in [0.2, 0.25) is 0 Å². The fourth-order valence-electron chi connectivity index (χ4n) is 7.13. The minimum Gasteiger partial charge on any atom is -0.507 e. The molecule has 0 saturated carbocycles. The van der Waals surface area contributed by atoms with Crippen LogP contribution in [0.3, 0.4) is 0 Å². The summed E-state index contributed by atoms with van der Waals surface area (Å²) in [5.41, 5.74) is 14.7. The standard InChI is InChI=1S/C53H57N3O/c1-14-16-20-34(3)35(4)43(15-2)36-25-26-54-46(30-36)38-27-37(28-39(29-38)51(5,6)7)44-22-19-23-47-49(44)55-50(45-21-17-18-24-48(45)57)56(47)42-32-40(52(8,9)10)31-41(33-42)53(11,12)13/h14-33,57H,1-3H2,4-13H3/b20-16-,43-35-. The van der Waals surface area contributed by atoms with E-state index in [4.69, 9.17) is 9.97 Å². The molecule has 6 aromatic rings. The summed E-state index contributed by atoms with van der Waals surface area (Å²) in [7, 11) is 0. The van der Waals surface area contributed by atoms with Gasteiger partial charge in [0, 0.05) is 23.0 Å². The van der Waals surface area contributed by atoms with Gasteiger partial charge in [-0.25, -0.2) is 4.98 Å². The molecule has 4 heteroatoms. The summed E-state index contributed by atoms with van der Waals surface area (Å²) >= 11 is 0. The van der Waals surface area contributed by atoms with E-state index in [1.54, 1.807) is 12.1 Å². The number of phenols is 1. The highest BCUT2D eigenvalue weighted by Crippen LogP contribution is 2.41. The van der Waals surface area contributed by atoms with Crippen molar-refractivity contribution >= 4 is 16.6 Å². The summed E-state index contributed by atoms with van der Waals surface area (Å²) in [6.45, 7) is 34.6. The lowest BCUT2D eigenvalue weighted by atomic mass is 9.80. The number of nitrogens with zero attached hydrogens (tertiary/aromatic N) is 3. The maximum Gasteiger partial charge on any atom is 0.149 e. The molecular formula is C53H57N3O. The quantitative estimate of drug-likeness (QED) is 0.150. The SMILES string of the molecule is C=C/C=C\C(=C)/C(C)=C(/C=C)c1ccnc(-c2cc(-c3cccc4c3nc(-c3ccccc3O)n4-c3cc(C(C)(C)C)cc(C(C)(C)C)c3)cc(C(C)(C)C)c2)c1. The Labute approximate surface area is 340 Å². The van der Waals surface area contributed by atoms with Crippen LogP contribution < -0.4 is 0 Å². The first-order chi connectivity index (χ1) is 26.8. The highest BCUT2D eigenvalue weighted by molar-refractivity contribution is 5.97. The molecule has 2 aromatic heterocycles. The Kier molecular flexibility index (Phi) is 11.1. The van der Waals surface area contributed by atoms with Gasteiger partial charge in [-0.3, -0.25) is 9.55 Å². The van der Waals surface area contributed by atoms with Crippen LogP contribution in [-0.4, -0.2) is 19.6 Å². The second-order valence-corrected chi connectivity index (χ2v) is 18.1. The van der Waals surface area contributed by atoms with E-state index in [-0.39, 0.29) is 22.0 Å². The van der Waals surface area contributed by atoms with Gasteiger partial charge in [-0.1, -0.05) is 143 Å². The predicted octanol–water partition coefficient (Wildman–Crippen LogP) is 14.3. The Morgan fingerprint density at radius 1 is 0.702 bits per heavy atom. The van der Waals surface area contributed by atoms with E-state index < -0.39 is 0 Å². The van der Waals surface area contributed by atoms with Crippen LogP contribution in [0.2, 0.25) is 0 Å². The molecule has 6 rings (SSSR count). The van der Waals surface area contributed by atoms with Crippen LogP contribution in [0.25, 0.3) is 56.1 Å². The smallest absolute Gasteiger partial charge is 0.149 e. The maximum atomic E-state index is 11.3. The first kappa shape index (κ1) is 40.7. The zero-order valence-corrected chi connectivity index (χ0v) is 35.5. The number of phenolic OH excluding ortho intramolecular Hbond substituents is 1. The minimum absolute atomic E-state index is 0.0841. The first-order valence-corrected chi connectivity index (χ1v) is 19.7. The van der Waals surface area contributed by atoms with Crippen LogP contribution in [0.5, 0.6) is 5.75 Å². The molecule has 57 heavy (non-hydrogen) atoms. The van der Waals surface area contributed by atoms with Crippen LogP contribution in [0.4, 0.5) is 0 Å². The molecule has 2 heterocycles. The van der Waals surface area contributed by atoms with E-state index in [0.29, 0.717) is 11.4 Å². The van der Waals surface area contributed by atoms with Crippen molar-refractivity contribution in [1.29, 1.82) is 0 Å². The van der Waals surface area contributed by atoms with E-state index in [0.717, 1.165) is 61.4 Å². The number of aromatic hydroxyl groups is 1. The third-order valence-corrected chi connectivity index (χ3v) is 10.7. The highest BCUT2D eigenvalue weighted by Gasteiger charge is 2.26. The lowest BCUT2D eigenvalue weighted by Crippen LogP contribution is -2.17. The molecule has 0 fully saturated rings. The molecule has 0 radical (unpaired) electrons. The number of hydrogen-bond acceptors (Lipinski definition) is 3. The number of rotatable bonds is 9. The van der Waals surface area contributed by atoms with E-state index in [1.165, 1.54) is 16.7 Å². The molecule has 290 valence electrons. The Bertz CT molecular complexity index is 2560. The van der Waals surface area contributed by atoms with Gasteiger partial charge in [0.25, 0.3) is 0 Å². The van der Waals surface area contributed by atoms with Gasteiger partial charge in [-0.2, -0.15) is 0 Å². The molecule has 4 nitrogen and oxygen atoms in total. The van der Waals surface area contributed by atoms with Crippen molar-refractivity contribution in [3.8, 4) is 45.2 Å². The average molecular weight is 752 g/mol. The topological polar surface area (TPSA) is 50.9 Å². The molecule has 0 spiro atoms. The summed E-state index contributed by atoms with van der Waals surface area (Å²) in [4.78, 5) is 10.3. The zero-order valence-electron chi connectivity index (χ0n) is 35.5. The van der Waals surface area contributed by atoms with E-state index in [9.17, 15) is 5.11 Å². The molecule has 0 bridgehead atoms. The van der Waals surface area contributed by atoms with Crippen molar-refractivity contribution < 1.29 is 5.11 Å². The van der Waals surface area contributed by atoms with Gasteiger partial charge >= 0.3 is 0 Å². The van der Waals surface area contributed by atoms with Gasteiger partial charge in [-0.15, -0.1) is 0 Å². The molecule has 0 aliphatic heterocycles. The number of para-hydroxylation sites is 2. The molecule has 0 saturated heterocycles. The lowest BCUT2D eigenvalue weighted by molar-refractivity contribution is 0.477. The van der Waals surface area contributed by atoms with Gasteiger partial charge < -0.3 is 5.11 Å². The van der Waals surface area contributed by atoms with Gasteiger partial charge in [-0.05, 0) is 122 Å². The van der Waals surface area contributed by atoms with E-state index in [2.05, 4.69) is 154 Å². The number of pyridine rings is 1. The number of benzene rings is 4. The van der Waals surface area contributed by atoms with Gasteiger partial charge in [0.15, 0.2) is 0 Å². The molecular weight excluding hydrogens is 695 g/mol. The molecule has 0 atom stereocenters. The van der Waals surface area contributed by atoms with Crippen LogP contribution in [-0.2, 0) is 16.2 Å².